The first-order valence-corrected chi connectivity index (χ1v) is 5.93. The third kappa shape index (κ3) is 3.28. The number of nitrogens with zero attached hydrogens (tertiary/aromatic N) is 2. The van der Waals surface area contributed by atoms with E-state index in [4.69, 9.17) is 15.0 Å². The minimum atomic E-state index is -0.176. The zero-order valence-corrected chi connectivity index (χ0v) is 10.3. The Bertz CT molecular complexity index is 295. The summed E-state index contributed by atoms with van der Waals surface area (Å²) in [5.74, 6) is 1.11. The van der Waals surface area contributed by atoms with E-state index in [2.05, 4.69) is 17.1 Å². The molecule has 1 aromatic rings. The van der Waals surface area contributed by atoms with Gasteiger partial charge in [-0.05, 0) is 19.8 Å². The normalized spacial score (nSPS) is 15.0. The van der Waals surface area contributed by atoms with Gasteiger partial charge in [-0.3, -0.25) is 0 Å². The summed E-state index contributed by atoms with van der Waals surface area (Å²) in [7, 11) is 0. The van der Waals surface area contributed by atoms with E-state index in [-0.39, 0.29) is 12.1 Å². The minimum Gasteiger partial charge on any atom is -0.370 e. The lowest BCUT2D eigenvalue weighted by atomic mass is 10.2. The quantitative estimate of drug-likeness (QED) is 0.774. The maximum atomic E-state index is 5.82. The van der Waals surface area contributed by atoms with Crippen molar-refractivity contribution in [3.05, 3.63) is 11.7 Å². The van der Waals surface area contributed by atoms with Crippen LogP contribution in [0.4, 0.5) is 0 Å². The highest BCUT2D eigenvalue weighted by molar-refractivity contribution is 4.94. The van der Waals surface area contributed by atoms with Gasteiger partial charge in [-0.1, -0.05) is 25.4 Å². The van der Waals surface area contributed by atoms with Crippen LogP contribution in [0.1, 0.15) is 63.9 Å². The van der Waals surface area contributed by atoms with Crippen molar-refractivity contribution in [1.82, 2.24) is 10.1 Å². The molecular formula is C11H21N3O2. The number of nitrogens with two attached hydrogens (primary N) is 1. The highest BCUT2D eigenvalue weighted by Crippen LogP contribution is 2.21. The largest absolute Gasteiger partial charge is 0.370 e. The zero-order valence-electron chi connectivity index (χ0n) is 10.3. The molecule has 0 aliphatic heterocycles. The van der Waals surface area contributed by atoms with Crippen molar-refractivity contribution in [2.24, 2.45) is 5.73 Å². The smallest absolute Gasteiger partial charge is 0.243 e. The lowest BCUT2D eigenvalue weighted by Crippen LogP contribution is -2.10. The topological polar surface area (TPSA) is 74.2 Å². The molecule has 0 aliphatic rings. The average molecular weight is 227 g/mol. The van der Waals surface area contributed by atoms with Crippen molar-refractivity contribution in [1.29, 1.82) is 0 Å². The molecule has 0 aromatic carbocycles. The summed E-state index contributed by atoms with van der Waals surface area (Å²) >= 11 is 0. The van der Waals surface area contributed by atoms with Gasteiger partial charge in [0.05, 0.1) is 6.04 Å². The summed E-state index contributed by atoms with van der Waals surface area (Å²) in [6, 6.07) is -0.176. The van der Waals surface area contributed by atoms with Crippen LogP contribution in [0.5, 0.6) is 0 Å². The van der Waals surface area contributed by atoms with Crippen LogP contribution < -0.4 is 5.73 Å². The van der Waals surface area contributed by atoms with Crippen molar-refractivity contribution in [3.8, 4) is 0 Å². The fourth-order valence-electron chi connectivity index (χ4n) is 1.45. The lowest BCUT2D eigenvalue weighted by Gasteiger charge is -2.11. The molecule has 16 heavy (non-hydrogen) atoms. The molecule has 1 aromatic heterocycles. The molecule has 1 unspecified atom stereocenters. The first kappa shape index (κ1) is 13.1. The molecule has 5 heteroatoms. The molecule has 0 amide bonds. The molecule has 0 radical (unpaired) electrons. The molecule has 92 valence electrons. The molecule has 2 atom stereocenters. The van der Waals surface area contributed by atoms with E-state index < -0.39 is 0 Å². The monoisotopic (exact) mass is 227 g/mol. The standard InChI is InChI=1S/C11H21N3O2/c1-4-7-9(15-6-3)10-13-11(16-14-10)8(12)5-2/h8-9H,4-7,12H2,1-3H3/t8-,9?/m0/s1. The van der Waals surface area contributed by atoms with E-state index in [1.807, 2.05) is 13.8 Å². The number of ether oxygens (including phenoxy) is 1. The summed E-state index contributed by atoms with van der Waals surface area (Å²) in [5.41, 5.74) is 5.82. The fourth-order valence-corrected chi connectivity index (χ4v) is 1.45. The van der Waals surface area contributed by atoms with E-state index in [1.165, 1.54) is 0 Å². The zero-order chi connectivity index (χ0) is 12.0. The second-order valence-corrected chi connectivity index (χ2v) is 3.74. The van der Waals surface area contributed by atoms with E-state index >= 15 is 0 Å². The van der Waals surface area contributed by atoms with Gasteiger partial charge in [-0.15, -0.1) is 0 Å². The van der Waals surface area contributed by atoms with Crippen molar-refractivity contribution >= 4 is 0 Å². The summed E-state index contributed by atoms with van der Waals surface area (Å²) in [6.45, 7) is 6.70. The second-order valence-electron chi connectivity index (χ2n) is 3.74. The van der Waals surface area contributed by atoms with Gasteiger partial charge in [0.15, 0.2) is 0 Å². The van der Waals surface area contributed by atoms with Crippen LogP contribution in [-0.2, 0) is 4.74 Å². The van der Waals surface area contributed by atoms with Crippen molar-refractivity contribution in [2.75, 3.05) is 6.61 Å². The van der Waals surface area contributed by atoms with Crippen LogP contribution in [0.15, 0.2) is 4.52 Å². The third-order valence-corrected chi connectivity index (χ3v) is 2.42. The summed E-state index contributed by atoms with van der Waals surface area (Å²) < 4.78 is 10.7. The molecule has 1 heterocycles. The Hall–Kier alpha value is -0.940. The molecule has 1 rings (SSSR count). The first-order chi connectivity index (χ1) is 7.72. The Kier molecular flexibility index (Phi) is 5.42. The van der Waals surface area contributed by atoms with Gasteiger partial charge in [0, 0.05) is 6.61 Å². The van der Waals surface area contributed by atoms with Crippen LogP contribution in [0.3, 0.4) is 0 Å². The molecular weight excluding hydrogens is 206 g/mol. The summed E-state index contributed by atoms with van der Waals surface area (Å²) in [4.78, 5) is 4.29. The number of aromatic nitrogens is 2. The minimum absolute atomic E-state index is 0.0726. The van der Waals surface area contributed by atoms with E-state index in [1.54, 1.807) is 0 Å². The van der Waals surface area contributed by atoms with Gasteiger partial charge in [0.25, 0.3) is 0 Å². The van der Waals surface area contributed by atoms with E-state index in [0.717, 1.165) is 19.3 Å². The third-order valence-electron chi connectivity index (χ3n) is 2.42. The van der Waals surface area contributed by atoms with Crippen LogP contribution in [0.25, 0.3) is 0 Å². The molecule has 5 nitrogen and oxygen atoms in total. The molecule has 2 N–H and O–H groups in total. The van der Waals surface area contributed by atoms with E-state index in [9.17, 15) is 0 Å². The molecule has 0 saturated carbocycles. The van der Waals surface area contributed by atoms with Crippen LogP contribution in [0.2, 0.25) is 0 Å². The van der Waals surface area contributed by atoms with E-state index in [0.29, 0.717) is 18.3 Å². The van der Waals surface area contributed by atoms with Crippen LogP contribution >= 0.6 is 0 Å². The van der Waals surface area contributed by atoms with Crippen molar-refractivity contribution in [3.63, 3.8) is 0 Å². The van der Waals surface area contributed by atoms with Gasteiger partial charge in [0.2, 0.25) is 11.7 Å². The Morgan fingerprint density at radius 3 is 2.69 bits per heavy atom. The Balaban J connectivity index is 2.72. The average Bonchev–Trinajstić information content (AvgIpc) is 2.77. The Morgan fingerprint density at radius 1 is 1.38 bits per heavy atom. The first-order valence-electron chi connectivity index (χ1n) is 5.93. The molecule has 0 fully saturated rings. The summed E-state index contributed by atoms with van der Waals surface area (Å²) in [6.07, 6.45) is 2.63. The van der Waals surface area contributed by atoms with Gasteiger partial charge < -0.3 is 15.0 Å². The van der Waals surface area contributed by atoms with Gasteiger partial charge in [0.1, 0.15) is 6.10 Å². The molecule has 0 aliphatic carbocycles. The molecule has 0 bridgehead atoms. The van der Waals surface area contributed by atoms with Crippen LogP contribution in [0, 0.1) is 0 Å². The maximum absolute atomic E-state index is 5.82. The summed E-state index contributed by atoms with van der Waals surface area (Å²) in [5, 5.41) is 3.93. The molecule has 0 spiro atoms. The number of hydrogen-bond acceptors (Lipinski definition) is 5. The highest BCUT2D eigenvalue weighted by atomic mass is 16.5. The van der Waals surface area contributed by atoms with Crippen LogP contribution in [-0.4, -0.2) is 16.7 Å². The predicted molar refractivity (Wildman–Crippen MR) is 60.8 cm³/mol. The van der Waals surface area contributed by atoms with Crippen molar-refractivity contribution < 1.29 is 9.26 Å². The van der Waals surface area contributed by atoms with Crippen molar-refractivity contribution in [2.45, 2.75) is 52.2 Å². The predicted octanol–water partition coefficient (Wildman–Crippen LogP) is 2.36. The SMILES string of the molecule is CCCC(OCC)c1noc([C@@H](N)CC)n1. The number of rotatable bonds is 7. The van der Waals surface area contributed by atoms with Gasteiger partial charge >= 0.3 is 0 Å². The van der Waals surface area contributed by atoms with Gasteiger partial charge in [-0.2, -0.15) is 4.98 Å². The molecule has 0 saturated heterocycles. The maximum Gasteiger partial charge on any atom is 0.243 e. The Labute approximate surface area is 96.4 Å². The highest BCUT2D eigenvalue weighted by Gasteiger charge is 2.19. The van der Waals surface area contributed by atoms with Gasteiger partial charge in [-0.25, -0.2) is 0 Å². The second kappa shape index (κ2) is 6.60. The number of hydrogen-bond donors (Lipinski definition) is 1. The fraction of sp³-hybridized carbons (Fsp3) is 0.818. The lowest BCUT2D eigenvalue weighted by molar-refractivity contribution is 0.0477. The Morgan fingerprint density at radius 2 is 2.12 bits per heavy atom.